The van der Waals surface area contributed by atoms with Crippen LogP contribution in [0.5, 0.6) is 0 Å². The van der Waals surface area contributed by atoms with Gasteiger partial charge in [0.05, 0.1) is 23.7 Å². The predicted molar refractivity (Wildman–Crippen MR) is 135 cm³/mol. The number of halogens is 1. The van der Waals surface area contributed by atoms with Gasteiger partial charge in [0, 0.05) is 23.7 Å². The van der Waals surface area contributed by atoms with E-state index < -0.39 is 10.0 Å². The number of aromatic nitrogens is 2. The molecule has 0 spiro atoms. The molecule has 9 heteroatoms. The molecule has 4 rings (SSSR count). The van der Waals surface area contributed by atoms with E-state index in [-0.39, 0.29) is 5.91 Å². The summed E-state index contributed by atoms with van der Waals surface area (Å²) in [6, 6.07) is 19.6. The average molecular weight is 487 g/mol. The summed E-state index contributed by atoms with van der Waals surface area (Å²) in [5.41, 5.74) is 3.82. The number of carbonyl (C=O) groups is 1. The molecule has 0 fully saturated rings. The van der Waals surface area contributed by atoms with Gasteiger partial charge in [-0.05, 0) is 32.0 Å². The number of nitrogens with zero attached hydrogens (tertiary/aromatic N) is 1. The van der Waals surface area contributed by atoms with Crippen molar-refractivity contribution in [2.24, 2.45) is 0 Å². The first kappa shape index (κ1) is 25.9. The molecule has 7 nitrogen and oxygen atoms in total. The molecule has 0 saturated heterocycles. The molecule has 0 aliphatic heterocycles. The number of aromatic amines is 1. The van der Waals surface area contributed by atoms with Crippen molar-refractivity contribution >= 4 is 44.3 Å². The molecule has 4 aromatic rings. The second-order valence-electron chi connectivity index (χ2n) is 7.23. The van der Waals surface area contributed by atoms with Crippen LogP contribution in [0.4, 0.5) is 5.69 Å². The Morgan fingerprint density at radius 3 is 2.09 bits per heavy atom. The maximum Gasteiger partial charge on any atom is 0.253 e. The molecule has 0 unspecified atom stereocenters. The summed E-state index contributed by atoms with van der Waals surface area (Å²) in [6.07, 6.45) is 3.96. The smallest absolute Gasteiger partial charge is 0.253 e. The van der Waals surface area contributed by atoms with Gasteiger partial charge in [-0.15, -0.1) is 0 Å². The number of rotatable bonds is 3. The molecule has 174 valence electrons. The van der Waals surface area contributed by atoms with Crippen LogP contribution in [0.25, 0.3) is 11.0 Å². The molecule has 0 aliphatic rings. The molecule has 33 heavy (non-hydrogen) atoms. The van der Waals surface area contributed by atoms with Crippen LogP contribution in [-0.4, -0.2) is 37.6 Å². The van der Waals surface area contributed by atoms with Gasteiger partial charge in [0.2, 0.25) is 10.0 Å². The second-order valence-corrected chi connectivity index (χ2v) is 9.41. The quantitative estimate of drug-likeness (QED) is 0.381. The maximum atomic E-state index is 11.6. The van der Waals surface area contributed by atoms with E-state index in [0.29, 0.717) is 22.3 Å². The summed E-state index contributed by atoms with van der Waals surface area (Å²) >= 11 is 5.61. The fourth-order valence-electron chi connectivity index (χ4n) is 2.66. The van der Waals surface area contributed by atoms with Crippen molar-refractivity contribution in [2.75, 3.05) is 18.0 Å². The minimum Gasteiger partial charge on any atom is -0.355 e. The molecule has 2 aromatic heterocycles. The molecular formula is C24H27ClN4O3S. The molecule has 0 saturated carbocycles. The third-order valence-corrected chi connectivity index (χ3v) is 5.12. The SMILES string of the molecule is CNC(=O)c1c[nH]c2ncc(NS(C)(=O)=O)cc12.Cc1ccc(Cl)cc1.Cc1ccccc1. The minimum absolute atomic E-state index is 0.264. The Morgan fingerprint density at radius 2 is 1.61 bits per heavy atom. The first-order valence-corrected chi connectivity index (χ1v) is 12.3. The van der Waals surface area contributed by atoms with Gasteiger partial charge in [-0.3, -0.25) is 9.52 Å². The number of benzene rings is 2. The monoisotopic (exact) mass is 486 g/mol. The van der Waals surface area contributed by atoms with Crippen molar-refractivity contribution in [2.45, 2.75) is 13.8 Å². The zero-order chi connectivity index (χ0) is 24.4. The molecule has 2 aromatic carbocycles. The lowest BCUT2D eigenvalue weighted by molar-refractivity contribution is 0.0964. The number of sulfonamides is 1. The molecule has 1 amide bonds. The van der Waals surface area contributed by atoms with Crippen LogP contribution in [0.1, 0.15) is 21.5 Å². The number of aryl methyl sites for hydroxylation is 2. The number of amides is 1. The van der Waals surface area contributed by atoms with Crippen molar-refractivity contribution in [3.63, 3.8) is 0 Å². The van der Waals surface area contributed by atoms with Crippen molar-refractivity contribution in [3.05, 3.63) is 94.8 Å². The minimum atomic E-state index is -3.37. The summed E-state index contributed by atoms with van der Waals surface area (Å²) in [5, 5.41) is 3.86. The van der Waals surface area contributed by atoms with Crippen LogP contribution in [0.15, 0.2) is 73.1 Å². The van der Waals surface area contributed by atoms with Gasteiger partial charge in [-0.1, -0.05) is 65.2 Å². The fourth-order valence-corrected chi connectivity index (χ4v) is 3.33. The highest BCUT2D eigenvalue weighted by Crippen LogP contribution is 2.20. The molecule has 0 aliphatic carbocycles. The van der Waals surface area contributed by atoms with Crippen LogP contribution in [0.2, 0.25) is 5.02 Å². The van der Waals surface area contributed by atoms with E-state index in [0.717, 1.165) is 11.3 Å². The summed E-state index contributed by atoms with van der Waals surface area (Å²) < 4.78 is 24.6. The molecule has 2 heterocycles. The summed E-state index contributed by atoms with van der Waals surface area (Å²) in [4.78, 5) is 18.5. The van der Waals surface area contributed by atoms with E-state index in [1.54, 1.807) is 6.07 Å². The second kappa shape index (κ2) is 12.0. The van der Waals surface area contributed by atoms with Crippen molar-refractivity contribution < 1.29 is 13.2 Å². The van der Waals surface area contributed by atoms with E-state index in [9.17, 15) is 13.2 Å². The third-order valence-electron chi connectivity index (χ3n) is 4.26. The van der Waals surface area contributed by atoms with Crippen LogP contribution in [-0.2, 0) is 10.0 Å². The Labute approximate surface area is 199 Å². The highest BCUT2D eigenvalue weighted by Gasteiger charge is 2.12. The fraction of sp³-hybridized carbons (Fsp3) is 0.167. The van der Waals surface area contributed by atoms with Gasteiger partial charge < -0.3 is 10.3 Å². The highest BCUT2D eigenvalue weighted by molar-refractivity contribution is 7.92. The zero-order valence-corrected chi connectivity index (χ0v) is 20.5. The van der Waals surface area contributed by atoms with Gasteiger partial charge in [0.1, 0.15) is 5.65 Å². The van der Waals surface area contributed by atoms with E-state index in [4.69, 9.17) is 11.6 Å². The molecule has 0 radical (unpaired) electrons. The highest BCUT2D eigenvalue weighted by atomic mass is 35.5. The first-order chi connectivity index (χ1) is 15.6. The number of hydrogen-bond donors (Lipinski definition) is 3. The van der Waals surface area contributed by atoms with Crippen LogP contribution in [0.3, 0.4) is 0 Å². The number of hydrogen-bond acceptors (Lipinski definition) is 4. The van der Waals surface area contributed by atoms with Crippen LogP contribution >= 0.6 is 11.6 Å². The number of pyridine rings is 1. The van der Waals surface area contributed by atoms with Crippen LogP contribution < -0.4 is 10.0 Å². The van der Waals surface area contributed by atoms with Crippen molar-refractivity contribution in [1.29, 1.82) is 0 Å². The largest absolute Gasteiger partial charge is 0.355 e. The van der Waals surface area contributed by atoms with Crippen molar-refractivity contribution in [1.82, 2.24) is 15.3 Å². The van der Waals surface area contributed by atoms with Gasteiger partial charge in [0.15, 0.2) is 0 Å². The Kier molecular flexibility index (Phi) is 9.44. The van der Waals surface area contributed by atoms with E-state index in [1.165, 1.54) is 30.6 Å². The number of carbonyl (C=O) groups excluding carboxylic acids is 1. The molecule has 0 bridgehead atoms. The Bertz CT molecular complexity index is 1270. The lowest BCUT2D eigenvalue weighted by atomic mass is 10.2. The lowest BCUT2D eigenvalue weighted by Crippen LogP contribution is -2.17. The number of fused-ring (bicyclic) bond motifs is 1. The van der Waals surface area contributed by atoms with Gasteiger partial charge in [-0.25, -0.2) is 13.4 Å². The van der Waals surface area contributed by atoms with Gasteiger partial charge >= 0.3 is 0 Å². The number of nitrogens with one attached hydrogen (secondary N) is 3. The summed E-state index contributed by atoms with van der Waals surface area (Å²) in [5.74, 6) is -0.264. The van der Waals surface area contributed by atoms with E-state index >= 15 is 0 Å². The van der Waals surface area contributed by atoms with Crippen LogP contribution in [0, 0.1) is 13.8 Å². The number of anilines is 1. The first-order valence-electron chi connectivity index (χ1n) is 10.00. The zero-order valence-electron chi connectivity index (χ0n) is 18.9. The average Bonchev–Trinajstić information content (AvgIpc) is 3.19. The normalized spacial score (nSPS) is 10.3. The summed E-state index contributed by atoms with van der Waals surface area (Å²) in [7, 11) is -1.85. The molecular weight excluding hydrogens is 460 g/mol. The van der Waals surface area contributed by atoms with Crippen molar-refractivity contribution in [3.8, 4) is 0 Å². The Hall–Kier alpha value is -3.36. The standard InChI is InChI=1S/C10H12N4O3S.C7H7Cl.C7H8/c1-11-10(15)8-5-13-9-7(8)3-6(4-12-9)14-18(2,16)17;1-6-2-4-7(8)5-3-6;1-7-5-3-2-4-6-7/h3-5,14H,1-2H3,(H,11,15)(H,12,13);2-5H,1H3;2-6H,1H3. The predicted octanol–water partition coefficient (Wildman–Crippen LogP) is 4.94. The molecule has 0 atom stereocenters. The Balaban J connectivity index is 0.000000210. The maximum absolute atomic E-state index is 11.6. The van der Waals surface area contributed by atoms with E-state index in [2.05, 4.69) is 39.1 Å². The summed E-state index contributed by atoms with van der Waals surface area (Å²) in [6.45, 7) is 4.12. The topological polar surface area (TPSA) is 104 Å². The lowest BCUT2D eigenvalue weighted by Gasteiger charge is -2.03. The molecule has 3 N–H and O–H groups in total. The van der Waals surface area contributed by atoms with Gasteiger partial charge in [0.25, 0.3) is 5.91 Å². The number of H-pyrrole nitrogens is 1. The van der Waals surface area contributed by atoms with Gasteiger partial charge in [-0.2, -0.15) is 0 Å². The van der Waals surface area contributed by atoms with E-state index in [1.807, 2.05) is 49.4 Å². The Morgan fingerprint density at radius 1 is 1.00 bits per heavy atom. The third kappa shape index (κ3) is 8.96.